The Bertz CT molecular complexity index is 661. The molecule has 0 amide bonds. The number of nitrogens with zero attached hydrogens (tertiary/aromatic N) is 4. The first kappa shape index (κ1) is 12.3. The second-order valence-electron chi connectivity index (χ2n) is 3.57. The molecule has 2 aromatic heterocycles. The average molecular weight is 310 g/mol. The number of aromatic nitrogens is 4. The summed E-state index contributed by atoms with van der Waals surface area (Å²) >= 11 is 16.8. The number of thiol groups is 4. The van der Waals surface area contributed by atoms with Gasteiger partial charge in [0.1, 0.15) is 20.1 Å². The third kappa shape index (κ3) is 2.03. The third-order valence-corrected chi connectivity index (χ3v) is 3.98. The maximum absolute atomic E-state index is 4.29. The van der Waals surface area contributed by atoms with Crippen molar-refractivity contribution in [3.63, 3.8) is 0 Å². The molecule has 0 spiro atoms. The largest absolute Gasteiger partial charge is 0.237 e. The lowest BCUT2D eigenvalue weighted by molar-refractivity contribution is 0.968. The van der Waals surface area contributed by atoms with E-state index in [1.165, 1.54) is 0 Å². The van der Waals surface area contributed by atoms with Crippen molar-refractivity contribution in [2.75, 3.05) is 0 Å². The van der Waals surface area contributed by atoms with Crippen molar-refractivity contribution in [1.82, 2.24) is 19.9 Å². The van der Waals surface area contributed by atoms with Gasteiger partial charge in [0.25, 0.3) is 0 Å². The highest BCUT2D eigenvalue weighted by atomic mass is 32.1. The summed E-state index contributed by atoms with van der Waals surface area (Å²) in [5.74, 6) is 0. The summed E-state index contributed by atoms with van der Waals surface area (Å²) in [5, 5.41) is 1.93. The fourth-order valence-electron chi connectivity index (χ4n) is 1.57. The molecule has 0 N–H and O–H groups in total. The maximum Gasteiger partial charge on any atom is 0.126 e. The van der Waals surface area contributed by atoms with Crippen LogP contribution in [0.1, 0.15) is 0 Å². The van der Waals surface area contributed by atoms with Crippen LogP contribution in [-0.4, -0.2) is 19.9 Å². The lowest BCUT2D eigenvalue weighted by Gasteiger charge is -2.04. The van der Waals surface area contributed by atoms with E-state index in [0.717, 1.165) is 0 Å². The quantitative estimate of drug-likeness (QED) is 0.381. The molecule has 90 valence electrons. The topological polar surface area (TPSA) is 51.6 Å². The zero-order valence-corrected chi connectivity index (χ0v) is 12.3. The maximum atomic E-state index is 4.29. The zero-order valence-electron chi connectivity index (χ0n) is 8.73. The van der Waals surface area contributed by atoms with Crippen molar-refractivity contribution in [2.45, 2.75) is 20.1 Å². The summed E-state index contributed by atoms with van der Waals surface area (Å²) in [6.45, 7) is 0. The molecule has 3 rings (SSSR count). The normalized spacial score (nSPS) is 11.3. The molecule has 4 nitrogen and oxygen atoms in total. The van der Waals surface area contributed by atoms with Gasteiger partial charge in [-0.2, -0.15) is 0 Å². The van der Waals surface area contributed by atoms with E-state index in [9.17, 15) is 0 Å². The van der Waals surface area contributed by atoms with Crippen molar-refractivity contribution in [3.05, 3.63) is 12.1 Å². The Kier molecular flexibility index (Phi) is 3.05. The predicted octanol–water partition coefficient (Wildman–Crippen LogP) is 2.73. The van der Waals surface area contributed by atoms with Crippen LogP contribution < -0.4 is 0 Å². The molecule has 3 aromatic rings. The Labute approximate surface area is 124 Å². The Morgan fingerprint density at radius 2 is 0.722 bits per heavy atom. The number of rotatable bonds is 0. The summed E-state index contributed by atoms with van der Waals surface area (Å²) in [6.07, 6.45) is 0. The van der Waals surface area contributed by atoms with E-state index in [1.807, 2.05) is 0 Å². The van der Waals surface area contributed by atoms with Gasteiger partial charge in [-0.15, -0.1) is 50.5 Å². The van der Waals surface area contributed by atoms with Gasteiger partial charge in [-0.05, 0) is 12.1 Å². The molecule has 0 aliphatic heterocycles. The summed E-state index contributed by atoms with van der Waals surface area (Å²) in [6, 6.07) is 3.59. The van der Waals surface area contributed by atoms with Crippen molar-refractivity contribution < 1.29 is 0 Å². The molecule has 0 atom stereocenters. The Balaban J connectivity index is 2.43. The Morgan fingerprint density at radius 1 is 0.500 bits per heavy atom. The molecular formula is C10H6N4S4. The van der Waals surface area contributed by atoms with E-state index < -0.39 is 0 Å². The number of hydrogen-bond donors (Lipinski definition) is 4. The predicted molar refractivity (Wildman–Crippen MR) is 81.6 cm³/mol. The molecule has 0 saturated heterocycles. The summed E-state index contributed by atoms with van der Waals surface area (Å²) < 4.78 is 0. The van der Waals surface area contributed by atoms with E-state index in [4.69, 9.17) is 0 Å². The van der Waals surface area contributed by atoms with Crippen LogP contribution in [0.4, 0.5) is 0 Å². The first-order valence-electron chi connectivity index (χ1n) is 4.84. The van der Waals surface area contributed by atoms with Gasteiger partial charge in [0, 0.05) is 0 Å². The molecule has 0 aliphatic carbocycles. The Morgan fingerprint density at radius 3 is 0.944 bits per heavy atom. The van der Waals surface area contributed by atoms with Crippen molar-refractivity contribution in [2.24, 2.45) is 0 Å². The van der Waals surface area contributed by atoms with E-state index in [2.05, 4.69) is 70.5 Å². The number of fused-ring (bicyclic) bond motifs is 2. The van der Waals surface area contributed by atoms with Crippen molar-refractivity contribution in [1.29, 1.82) is 0 Å². The first-order valence-corrected chi connectivity index (χ1v) is 6.63. The SMILES string of the molecule is Sc1nc2cc3nc(S)c(S)nc3cc2nc1S. The lowest BCUT2D eigenvalue weighted by Crippen LogP contribution is -1.92. The minimum atomic E-state index is 0.482. The lowest BCUT2D eigenvalue weighted by atomic mass is 10.2. The van der Waals surface area contributed by atoms with Gasteiger partial charge >= 0.3 is 0 Å². The van der Waals surface area contributed by atoms with Gasteiger partial charge in [0.2, 0.25) is 0 Å². The highest BCUT2D eigenvalue weighted by molar-refractivity contribution is 7.83. The van der Waals surface area contributed by atoms with Gasteiger partial charge in [-0.25, -0.2) is 19.9 Å². The molecule has 0 fully saturated rings. The molecule has 0 unspecified atom stereocenters. The van der Waals surface area contributed by atoms with Crippen molar-refractivity contribution >= 4 is 72.6 Å². The van der Waals surface area contributed by atoms with Crippen LogP contribution in [0.2, 0.25) is 0 Å². The smallest absolute Gasteiger partial charge is 0.126 e. The fraction of sp³-hybridized carbons (Fsp3) is 0. The first-order chi connectivity index (χ1) is 8.54. The molecule has 0 radical (unpaired) electrons. The van der Waals surface area contributed by atoms with E-state index in [0.29, 0.717) is 42.2 Å². The minimum absolute atomic E-state index is 0.482. The van der Waals surface area contributed by atoms with Crippen LogP contribution >= 0.6 is 50.5 Å². The van der Waals surface area contributed by atoms with Gasteiger partial charge in [0.15, 0.2) is 0 Å². The van der Waals surface area contributed by atoms with Crippen LogP contribution in [0.25, 0.3) is 22.1 Å². The van der Waals surface area contributed by atoms with Crippen LogP contribution in [-0.2, 0) is 0 Å². The highest BCUT2D eigenvalue weighted by Gasteiger charge is 2.08. The molecule has 0 saturated carbocycles. The molecule has 2 heterocycles. The van der Waals surface area contributed by atoms with Crippen LogP contribution in [0.15, 0.2) is 32.2 Å². The van der Waals surface area contributed by atoms with Gasteiger partial charge in [0.05, 0.1) is 22.1 Å². The van der Waals surface area contributed by atoms with Crippen molar-refractivity contribution in [3.8, 4) is 0 Å². The Hall–Kier alpha value is -0.700. The summed E-state index contributed by atoms with van der Waals surface area (Å²) in [5.41, 5.74) is 2.77. The van der Waals surface area contributed by atoms with Crippen LogP contribution in [0.5, 0.6) is 0 Å². The summed E-state index contributed by atoms with van der Waals surface area (Å²) in [7, 11) is 0. The van der Waals surface area contributed by atoms with Crippen LogP contribution in [0.3, 0.4) is 0 Å². The van der Waals surface area contributed by atoms with Gasteiger partial charge in [-0.3, -0.25) is 0 Å². The summed E-state index contributed by atoms with van der Waals surface area (Å²) in [4.78, 5) is 17.2. The van der Waals surface area contributed by atoms with Gasteiger partial charge < -0.3 is 0 Å². The van der Waals surface area contributed by atoms with Crippen LogP contribution in [0, 0.1) is 0 Å². The third-order valence-electron chi connectivity index (χ3n) is 2.38. The molecule has 1 aromatic carbocycles. The fourth-order valence-corrected chi connectivity index (χ4v) is 2.20. The molecule has 18 heavy (non-hydrogen) atoms. The second-order valence-corrected chi connectivity index (χ2v) is 5.27. The minimum Gasteiger partial charge on any atom is -0.237 e. The standard InChI is InChI=1S/C10H6N4S4/c15-7-9(17)13-5-2-6-4(1-3(5)11-7)12-8(16)10(18)14-6/h1-2H,(H,11,15)(H,12,16)(H,13,17)(H,14,18). The molecule has 0 bridgehead atoms. The van der Waals surface area contributed by atoms with E-state index in [-0.39, 0.29) is 0 Å². The molecular weight excluding hydrogens is 304 g/mol. The number of hydrogen-bond acceptors (Lipinski definition) is 8. The number of benzene rings is 1. The second kappa shape index (κ2) is 4.44. The molecule has 8 heteroatoms. The van der Waals surface area contributed by atoms with E-state index in [1.54, 1.807) is 12.1 Å². The molecule has 0 aliphatic rings. The highest BCUT2D eigenvalue weighted by Crippen LogP contribution is 2.24. The average Bonchev–Trinajstić information content (AvgIpc) is 2.31. The monoisotopic (exact) mass is 310 g/mol. The van der Waals surface area contributed by atoms with Gasteiger partial charge in [-0.1, -0.05) is 0 Å². The van der Waals surface area contributed by atoms with E-state index >= 15 is 0 Å². The zero-order chi connectivity index (χ0) is 12.9.